The molecule has 1 N–H and O–H groups in total. The Morgan fingerprint density at radius 1 is 1.03 bits per heavy atom. The Balaban J connectivity index is 1.75. The van der Waals surface area contributed by atoms with Crippen molar-refractivity contribution in [2.75, 3.05) is 7.11 Å². The quantitative estimate of drug-likeness (QED) is 0.382. The van der Waals surface area contributed by atoms with Crippen LogP contribution in [0.5, 0.6) is 11.5 Å². The topological polar surface area (TPSA) is 90.7 Å². The number of aryl methyl sites for hydroxylation is 1. The van der Waals surface area contributed by atoms with Crippen LogP contribution in [0.1, 0.15) is 39.8 Å². The average Bonchev–Trinajstić information content (AvgIpc) is 3.09. The van der Waals surface area contributed by atoms with E-state index in [1.54, 1.807) is 37.4 Å². The molecule has 0 aliphatic carbocycles. The second-order valence-electron chi connectivity index (χ2n) is 8.17. The number of carboxylic acid groups (broad SMARTS) is 1. The number of methoxy groups -OCH3 is 1. The lowest BCUT2D eigenvalue weighted by molar-refractivity contribution is -0.144. The number of carboxylic acids is 1. The Kier molecular flexibility index (Phi) is 6.36. The van der Waals surface area contributed by atoms with Crippen molar-refractivity contribution in [2.24, 2.45) is 0 Å². The van der Waals surface area contributed by atoms with Gasteiger partial charge in [0, 0.05) is 28.9 Å². The van der Waals surface area contributed by atoms with Crippen LogP contribution in [0.3, 0.4) is 0 Å². The molecule has 7 nitrogen and oxygen atoms in total. The van der Waals surface area contributed by atoms with Crippen LogP contribution in [0, 0.1) is 13.8 Å². The van der Waals surface area contributed by atoms with Gasteiger partial charge in [-0.15, -0.1) is 0 Å². The molecule has 0 radical (unpaired) electrons. The Labute approximate surface area is 197 Å². The molecular formula is C27H26N2O5. The maximum Gasteiger partial charge on any atom is 0.344 e. The summed E-state index contributed by atoms with van der Waals surface area (Å²) in [5, 5.41) is 9.92. The lowest BCUT2D eigenvalue weighted by Crippen LogP contribution is -2.22. The number of carbonyl (C=O) groups excluding carboxylic acids is 1. The van der Waals surface area contributed by atoms with Gasteiger partial charge < -0.3 is 19.1 Å². The monoisotopic (exact) mass is 458 g/mol. The number of benzene rings is 2. The van der Waals surface area contributed by atoms with Crippen molar-refractivity contribution in [3.8, 4) is 11.5 Å². The van der Waals surface area contributed by atoms with Crippen LogP contribution < -0.4 is 9.47 Å². The molecule has 0 saturated carbocycles. The van der Waals surface area contributed by atoms with E-state index in [4.69, 9.17) is 19.6 Å². The Bertz CT molecular complexity index is 1370. The molecule has 0 bridgehead atoms. The average molecular weight is 459 g/mol. The molecular weight excluding hydrogens is 432 g/mol. The van der Waals surface area contributed by atoms with E-state index in [2.05, 4.69) is 0 Å². The number of nitrogens with zero attached hydrogens (tertiary/aromatic N) is 2. The van der Waals surface area contributed by atoms with Gasteiger partial charge in [0.05, 0.1) is 12.7 Å². The van der Waals surface area contributed by atoms with E-state index in [0.717, 1.165) is 28.0 Å². The van der Waals surface area contributed by atoms with Gasteiger partial charge in [0.15, 0.2) is 11.9 Å². The standard InChI is InChI=1S/C27H26N2O5/c1-16-8-13-23-24(25(30)20-9-11-21(33-4)12-10-20)17(2)29(26(23)28-16)15-19-6-5-7-22(14-19)34-18(3)27(31)32/h5-14,18H,15H2,1-4H3,(H,31,32). The minimum Gasteiger partial charge on any atom is -0.497 e. The van der Waals surface area contributed by atoms with Crippen LogP contribution in [0.2, 0.25) is 0 Å². The summed E-state index contributed by atoms with van der Waals surface area (Å²) in [6, 6.07) is 18.2. The van der Waals surface area contributed by atoms with Gasteiger partial charge >= 0.3 is 5.97 Å². The predicted molar refractivity (Wildman–Crippen MR) is 129 cm³/mol. The largest absolute Gasteiger partial charge is 0.497 e. The van der Waals surface area contributed by atoms with Crippen LogP contribution in [0.4, 0.5) is 0 Å². The number of ketones is 1. The molecule has 0 fully saturated rings. The number of ether oxygens (including phenoxy) is 2. The van der Waals surface area contributed by atoms with Crippen molar-refractivity contribution >= 4 is 22.8 Å². The summed E-state index contributed by atoms with van der Waals surface area (Å²) in [5.74, 6) is 0.0495. The zero-order valence-electron chi connectivity index (χ0n) is 19.5. The van der Waals surface area contributed by atoms with Crippen molar-refractivity contribution in [1.82, 2.24) is 9.55 Å². The van der Waals surface area contributed by atoms with E-state index in [1.807, 2.05) is 48.7 Å². The van der Waals surface area contributed by atoms with E-state index in [9.17, 15) is 9.59 Å². The number of hydrogen-bond acceptors (Lipinski definition) is 5. The highest BCUT2D eigenvalue weighted by molar-refractivity contribution is 6.17. The third kappa shape index (κ3) is 4.50. The molecule has 1 unspecified atom stereocenters. The zero-order chi connectivity index (χ0) is 24.4. The lowest BCUT2D eigenvalue weighted by Gasteiger charge is -2.13. The van der Waals surface area contributed by atoms with Gasteiger partial charge in [-0.25, -0.2) is 9.78 Å². The number of rotatable bonds is 8. The molecule has 4 rings (SSSR count). The molecule has 2 aromatic carbocycles. The molecule has 0 aliphatic heterocycles. The first-order chi connectivity index (χ1) is 16.3. The van der Waals surface area contributed by atoms with Crippen molar-refractivity contribution in [1.29, 1.82) is 0 Å². The number of carbonyl (C=O) groups is 2. The summed E-state index contributed by atoms with van der Waals surface area (Å²) in [7, 11) is 1.59. The van der Waals surface area contributed by atoms with Crippen LogP contribution in [-0.4, -0.2) is 39.6 Å². The van der Waals surface area contributed by atoms with Gasteiger partial charge in [0.1, 0.15) is 17.1 Å². The van der Waals surface area contributed by atoms with Crippen molar-refractivity contribution in [3.63, 3.8) is 0 Å². The molecule has 2 aromatic heterocycles. The first kappa shape index (κ1) is 23.0. The molecule has 7 heteroatoms. The minimum atomic E-state index is -1.03. The SMILES string of the molecule is COc1ccc(C(=O)c2c(C)n(Cc3cccc(OC(C)C(=O)O)c3)c3nc(C)ccc23)cc1. The van der Waals surface area contributed by atoms with Crippen molar-refractivity contribution in [3.05, 3.63) is 88.7 Å². The second kappa shape index (κ2) is 9.39. The molecule has 2 heterocycles. The highest BCUT2D eigenvalue weighted by atomic mass is 16.5. The summed E-state index contributed by atoms with van der Waals surface area (Å²) < 4.78 is 12.7. The summed E-state index contributed by atoms with van der Waals surface area (Å²) in [6.45, 7) is 5.77. The maximum atomic E-state index is 13.5. The Hall–Kier alpha value is -4.13. The molecule has 0 aliphatic rings. The Morgan fingerprint density at radius 2 is 1.76 bits per heavy atom. The smallest absolute Gasteiger partial charge is 0.344 e. The van der Waals surface area contributed by atoms with E-state index in [1.165, 1.54) is 6.92 Å². The van der Waals surface area contributed by atoms with Crippen LogP contribution in [0.25, 0.3) is 11.0 Å². The molecule has 0 saturated heterocycles. The fraction of sp³-hybridized carbons (Fsp3) is 0.222. The molecule has 0 spiro atoms. The van der Waals surface area contributed by atoms with Gasteiger partial charge in [-0.3, -0.25) is 4.79 Å². The maximum absolute atomic E-state index is 13.5. The molecule has 34 heavy (non-hydrogen) atoms. The summed E-state index contributed by atoms with van der Waals surface area (Å²) in [6.07, 6.45) is -0.956. The van der Waals surface area contributed by atoms with Gasteiger partial charge in [-0.2, -0.15) is 0 Å². The first-order valence-electron chi connectivity index (χ1n) is 10.9. The van der Waals surface area contributed by atoms with Gasteiger partial charge in [-0.05, 0) is 74.9 Å². The summed E-state index contributed by atoms with van der Waals surface area (Å²) >= 11 is 0. The fourth-order valence-electron chi connectivity index (χ4n) is 3.95. The first-order valence-corrected chi connectivity index (χ1v) is 10.9. The lowest BCUT2D eigenvalue weighted by atomic mass is 10.0. The van der Waals surface area contributed by atoms with Gasteiger partial charge in [0.25, 0.3) is 0 Å². The summed E-state index contributed by atoms with van der Waals surface area (Å²) in [5.41, 5.74) is 4.46. The number of hydrogen-bond donors (Lipinski definition) is 1. The second-order valence-corrected chi connectivity index (χ2v) is 8.17. The van der Waals surface area contributed by atoms with Crippen LogP contribution >= 0.6 is 0 Å². The molecule has 4 aromatic rings. The highest BCUT2D eigenvalue weighted by Crippen LogP contribution is 2.29. The normalized spacial score (nSPS) is 11.9. The number of aliphatic carboxylic acids is 1. The van der Waals surface area contributed by atoms with E-state index in [0.29, 0.717) is 29.2 Å². The molecule has 0 amide bonds. The highest BCUT2D eigenvalue weighted by Gasteiger charge is 2.22. The third-order valence-corrected chi connectivity index (χ3v) is 5.79. The molecule has 174 valence electrons. The summed E-state index contributed by atoms with van der Waals surface area (Å²) in [4.78, 5) is 29.4. The van der Waals surface area contributed by atoms with Crippen LogP contribution in [0.15, 0.2) is 60.7 Å². The van der Waals surface area contributed by atoms with Crippen molar-refractivity contribution in [2.45, 2.75) is 33.4 Å². The minimum absolute atomic E-state index is 0.0816. The van der Waals surface area contributed by atoms with E-state index < -0.39 is 12.1 Å². The zero-order valence-corrected chi connectivity index (χ0v) is 19.5. The fourth-order valence-corrected chi connectivity index (χ4v) is 3.95. The molecule has 1 atom stereocenters. The van der Waals surface area contributed by atoms with Gasteiger partial charge in [0.2, 0.25) is 0 Å². The third-order valence-electron chi connectivity index (χ3n) is 5.79. The van der Waals surface area contributed by atoms with Crippen molar-refractivity contribution < 1.29 is 24.2 Å². The van der Waals surface area contributed by atoms with Gasteiger partial charge in [-0.1, -0.05) is 12.1 Å². The van der Waals surface area contributed by atoms with Crippen LogP contribution in [-0.2, 0) is 11.3 Å². The number of fused-ring (bicyclic) bond motifs is 1. The number of aromatic nitrogens is 2. The Morgan fingerprint density at radius 3 is 2.44 bits per heavy atom. The van der Waals surface area contributed by atoms with E-state index >= 15 is 0 Å². The van der Waals surface area contributed by atoms with E-state index in [-0.39, 0.29) is 5.78 Å². The predicted octanol–water partition coefficient (Wildman–Crippen LogP) is 4.79. The number of pyridine rings is 1.